The van der Waals surface area contributed by atoms with Crippen molar-refractivity contribution in [3.63, 3.8) is 0 Å². The van der Waals surface area contributed by atoms with Crippen molar-refractivity contribution in [2.24, 2.45) is 0 Å². The predicted octanol–water partition coefficient (Wildman–Crippen LogP) is 15.6. The Hall–Kier alpha value is -6.94. The van der Waals surface area contributed by atoms with Gasteiger partial charge < -0.3 is 9.32 Å². The molecule has 0 fully saturated rings. The molecule has 9 aromatic carbocycles. The lowest BCUT2D eigenvalue weighted by Gasteiger charge is -2.28. The average Bonchev–Trinajstić information content (AvgIpc) is 3.82. The largest absolute Gasteiger partial charge is 0.456 e. The molecule has 2 aromatic heterocycles. The highest BCUT2D eigenvalue weighted by atomic mass is 32.1. The summed E-state index contributed by atoms with van der Waals surface area (Å²) in [4.78, 5) is 2.41. The van der Waals surface area contributed by atoms with Crippen LogP contribution in [-0.2, 0) is 0 Å². The zero-order chi connectivity index (χ0) is 36.3. The van der Waals surface area contributed by atoms with Crippen LogP contribution in [0.15, 0.2) is 205 Å². The molecule has 0 amide bonds. The van der Waals surface area contributed by atoms with Gasteiger partial charge in [-0.3, -0.25) is 0 Å². The van der Waals surface area contributed by atoms with E-state index in [-0.39, 0.29) is 0 Å². The van der Waals surface area contributed by atoms with E-state index in [1.165, 1.54) is 53.2 Å². The number of rotatable bonds is 6. The molecule has 258 valence electrons. The maximum absolute atomic E-state index is 6.25. The third-order valence-electron chi connectivity index (χ3n) is 10.9. The van der Waals surface area contributed by atoms with Crippen LogP contribution < -0.4 is 4.90 Å². The molecule has 0 aliphatic heterocycles. The molecule has 0 aliphatic carbocycles. The van der Waals surface area contributed by atoms with Crippen molar-refractivity contribution >= 4 is 81.3 Å². The highest BCUT2D eigenvalue weighted by Gasteiger charge is 2.19. The van der Waals surface area contributed by atoms with Gasteiger partial charge in [0.25, 0.3) is 0 Å². The van der Waals surface area contributed by atoms with Gasteiger partial charge in [-0.25, -0.2) is 0 Å². The Balaban J connectivity index is 1.05. The first-order chi connectivity index (χ1) is 27.2. The highest BCUT2D eigenvalue weighted by Crippen LogP contribution is 2.45. The van der Waals surface area contributed by atoms with Crippen LogP contribution in [0.3, 0.4) is 0 Å². The van der Waals surface area contributed by atoms with Crippen molar-refractivity contribution in [1.29, 1.82) is 0 Å². The van der Waals surface area contributed by atoms with Crippen molar-refractivity contribution in [3.8, 4) is 33.4 Å². The fourth-order valence-corrected chi connectivity index (χ4v) is 9.37. The molecule has 0 unspecified atom stereocenters. The third-order valence-corrected chi connectivity index (χ3v) is 12.0. The van der Waals surface area contributed by atoms with Crippen molar-refractivity contribution in [2.75, 3.05) is 4.90 Å². The van der Waals surface area contributed by atoms with E-state index in [0.29, 0.717) is 0 Å². The fraction of sp³-hybridized carbons (Fsp3) is 0. The normalized spacial score (nSPS) is 11.6. The van der Waals surface area contributed by atoms with Gasteiger partial charge in [-0.05, 0) is 99.3 Å². The number of fused-ring (bicyclic) bond motifs is 7. The van der Waals surface area contributed by atoms with Gasteiger partial charge in [-0.1, -0.05) is 140 Å². The summed E-state index contributed by atoms with van der Waals surface area (Å²) in [5.74, 6) is 0. The second-order valence-corrected chi connectivity index (χ2v) is 15.2. The summed E-state index contributed by atoms with van der Waals surface area (Å²) in [6.45, 7) is 0. The molecule has 0 spiro atoms. The molecule has 2 nitrogen and oxygen atoms in total. The summed E-state index contributed by atoms with van der Waals surface area (Å²) in [5.41, 5.74) is 12.2. The summed E-state index contributed by atoms with van der Waals surface area (Å²) < 4.78 is 8.83. The van der Waals surface area contributed by atoms with E-state index >= 15 is 0 Å². The molecule has 0 radical (unpaired) electrons. The van der Waals surface area contributed by atoms with E-state index in [1.54, 1.807) is 0 Å². The van der Waals surface area contributed by atoms with Crippen molar-refractivity contribution < 1.29 is 4.42 Å². The number of furan rings is 1. The smallest absolute Gasteiger partial charge is 0.136 e. The van der Waals surface area contributed by atoms with E-state index in [2.05, 4.69) is 193 Å². The third kappa shape index (κ3) is 5.40. The quantitative estimate of drug-likeness (QED) is 0.170. The predicted molar refractivity (Wildman–Crippen MR) is 235 cm³/mol. The number of thiophene rings is 1. The minimum atomic E-state index is 0.903. The lowest BCUT2D eigenvalue weighted by atomic mass is 9.94. The molecule has 55 heavy (non-hydrogen) atoms. The van der Waals surface area contributed by atoms with Gasteiger partial charge in [-0.15, -0.1) is 11.3 Å². The summed E-state index contributed by atoms with van der Waals surface area (Å²) in [6.07, 6.45) is 0. The summed E-state index contributed by atoms with van der Waals surface area (Å²) in [6, 6.07) is 72.3. The number of hydrogen-bond donors (Lipinski definition) is 0. The van der Waals surface area contributed by atoms with Crippen LogP contribution in [0, 0.1) is 0 Å². The van der Waals surface area contributed by atoms with E-state index in [0.717, 1.165) is 50.1 Å². The summed E-state index contributed by atoms with van der Waals surface area (Å²) in [5, 5.41) is 7.38. The minimum absolute atomic E-state index is 0.903. The Morgan fingerprint density at radius 3 is 1.87 bits per heavy atom. The van der Waals surface area contributed by atoms with Gasteiger partial charge in [0.1, 0.15) is 11.2 Å². The Labute approximate surface area is 322 Å². The number of benzene rings is 9. The number of hydrogen-bond acceptors (Lipinski definition) is 3. The second-order valence-electron chi connectivity index (χ2n) is 14.1. The minimum Gasteiger partial charge on any atom is -0.456 e. The van der Waals surface area contributed by atoms with E-state index < -0.39 is 0 Å². The molecule has 0 aliphatic rings. The van der Waals surface area contributed by atoms with E-state index in [1.807, 2.05) is 23.5 Å². The molecule has 2 heterocycles. The molecule has 11 aromatic rings. The second kappa shape index (κ2) is 12.9. The van der Waals surface area contributed by atoms with Crippen LogP contribution in [0.2, 0.25) is 0 Å². The topological polar surface area (TPSA) is 16.4 Å². The molecule has 0 bridgehead atoms. The zero-order valence-corrected chi connectivity index (χ0v) is 30.6. The van der Waals surface area contributed by atoms with Crippen molar-refractivity contribution in [3.05, 3.63) is 200 Å². The van der Waals surface area contributed by atoms with Gasteiger partial charge in [-0.2, -0.15) is 0 Å². The van der Waals surface area contributed by atoms with Crippen LogP contribution in [0.4, 0.5) is 17.1 Å². The number of para-hydroxylation sites is 2. The fourth-order valence-electron chi connectivity index (χ4n) is 8.23. The van der Waals surface area contributed by atoms with Gasteiger partial charge in [0.2, 0.25) is 0 Å². The Morgan fingerprint density at radius 2 is 0.964 bits per heavy atom. The van der Waals surface area contributed by atoms with Crippen LogP contribution in [0.25, 0.3) is 86.3 Å². The molecule has 0 atom stereocenters. The molecule has 3 heteroatoms. The number of nitrogens with zero attached hydrogens (tertiary/aromatic N) is 1. The monoisotopic (exact) mass is 719 g/mol. The molecule has 11 rings (SSSR count). The van der Waals surface area contributed by atoms with Crippen molar-refractivity contribution in [1.82, 2.24) is 0 Å². The molecule has 0 saturated heterocycles. The first kappa shape index (κ1) is 31.6. The molecule has 0 N–H and O–H groups in total. The zero-order valence-electron chi connectivity index (χ0n) is 29.8. The SMILES string of the molecule is c1cc(-c2ccccc2N(c2ccc(-c3ccc4c(c3)oc3ccccc34)cc2)c2ccc3c(c2)sc2ccccc23)cc(-c2cccc3ccccc23)c1. The number of anilines is 3. The van der Waals surface area contributed by atoms with Gasteiger partial charge in [0, 0.05) is 47.9 Å². The van der Waals surface area contributed by atoms with E-state index in [9.17, 15) is 0 Å². The summed E-state index contributed by atoms with van der Waals surface area (Å²) in [7, 11) is 0. The Kier molecular flexibility index (Phi) is 7.39. The molecule has 0 saturated carbocycles. The molecular formula is C52H33NOS. The first-order valence-corrected chi connectivity index (χ1v) is 19.5. The van der Waals surface area contributed by atoms with Crippen molar-refractivity contribution in [2.45, 2.75) is 0 Å². The lowest BCUT2D eigenvalue weighted by molar-refractivity contribution is 0.669. The maximum atomic E-state index is 6.25. The van der Waals surface area contributed by atoms with Crippen LogP contribution in [-0.4, -0.2) is 0 Å². The first-order valence-electron chi connectivity index (χ1n) is 18.7. The molecular weight excluding hydrogens is 687 g/mol. The van der Waals surface area contributed by atoms with E-state index in [4.69, 9.17) is 4.42 Å². The van der Waals surface area contributed by atoms with Gasteiger partial charge in [0.15, 0.2) is 0 Å². The summed E-state index contributed by atoms with van der Waals surface area (Å²) >= 11 is 1.85. The standard InChI is InChI=1S/C52H33NOS/c1-2-15-41-35(11-1)12-10-19-42(41)37-13-9-14-38(31-37)43-16-3-6-20-48(43)53(40-28-30-47-46-18-5-8-22-51(46)55-52(47)33-40)39-26-23-34(24-27-39)36-25-29-45-44-17-4-7-21-49(44)54-50(45)32-36/h1-33H. The van der Waals surface area contributed by atoms with Crippen LogP contribution >= 0.6 is 11.3 Å². The van der Waals surface area contributed by atoms with Gasteiger partial charge in [0.05, 0.1) is 5.69 Å². The van der Waals surface area contributed by atoms with Crippen LogP contribution in [0.5, 0.6) is 0 Å². The average molecular weight is 720 g/mol. The van der Waals surface area contributed by atoms with Gasteiger partial charge >= 0.3 is 0 Å². The highest BCUT2D eigenvalue weighted by molar-refractivity contribution is 7.25. The van der Waals surface area contributed by atoms with Crippen LogP contribution in [0.1, 0.15) is 0 Å². The Morgan fingerprint density at radius 1 is 0.345 bits per heavy atom. The Bertz CT molecular complexity index is 3220. The maximum Gasteiger partial charge on any atom is 0.136 e. The lowest BCUT2D eigenvalue weighted by Crippen LogP contribution is -2.11.